The van der Waals surface area contributed by atoms with Crippen molar-refractivity contribution in [1.82, 2.24) is 4.98 Å². The molecule has 2 radical (unpaired) electrons. The summed E-state index contributed by atoms with van der Waals surface area (Å²) in [5, 5.41) is 0.766. The van der Waals surface area contributed by atoms with Crippen LogP contribution >= 0.6 is 0 Å². The minimum absolute atomic E-state index is 0.213. The van der Waals surface area contributed by atoms with Gasteiger partial charge >= 0.3 is 0 Å². The molecule has 16 heavy (non-hydrogen) atoms. The highest BCUT2D eigenvalue weighted by Crippen LogP contribution is 2.19. The molecule has 0 spiro atoms. The predicted molar refractivity (Wildman–Crippen MR) is 59.2 cm³/mol. The van der Waals surface area contributed by atoms with E-state index in [9.17, 15) is 9.59 Å². The van der Waals surface area contributed by atoms with Crippen LogP contribution in [0.25, 0.3) is 10.9 Å². The second-order valence-corrected chi connectivity index (χ2v) is 3.35. The SMILES string of the molecule is [B]C(=O)c1c[nH]c2cc(COC=O)ccc12. The van der Waals surface area contributed by atoms with E-state index in [1.807, 2.05) is 6.07 Å². The summed E-state index contributed by atoms with van der Waals surface area (Å²) in [5.41, 5.74) is 1.62. The number of carbonyl (C=O) groups is 2. The molecule has 0 saturated carbocycles. The summed E-state index contributed by atoms with van der Waals surface area (Å²) in [6, 6.07) is 5.37. The van der Waals surface area contributed by atoms with Crippen molar-refractivity contribution in [2.24, 2.45) is 0 Å². The molecule has 2 aromatic rings. The maximum atomic E-state index is 11.1. The number of nitrogens with one attached hydrogen (secondary N) is 1. The molecule has 0 aliphatic rings. The van der Waals surface area contributed by atoms with Gasteiger partial charge in [0.15, 0.2) is 7.85 Å². The van der Waals surface area contributed by atoms with Crippen LogP contribution < -0.4 is 0 Å². The van der Waals surface area contributed by atoms with Crippen molar-refractivity contribution in [3.05, 3.63) is 35.5 Å². The third kappa shape index (κ3) is 1.84. The lowest BCUT2D eigenvalue weighted by Gasteiger charge is -2.00. The van der Waals surface area contributed by atoms with Gasteiger partial charge in [-0.05, 0) is 11.6 Å². The van der Waals surface area contributed by atoms with Gasteiger partial charge in [-0.1, -0.05) is 12.1 Å². The highest BCUT2D eigenvalue weighted by Gasteiger charge is 2.07. The zero-order chi connectivity index (χ0) is 11.5. The van der Waals surface area contributed by atoms with Gasteiger partial charge in [0, 0.05) is 22.7 Å². The summed E-state index contributed by atoms with van der Waals surface area (Å²) in [7, 11) is 5.21. The minimum atomic E-state index is -0.469. The Hall–Kier alpha value is -2.04. The van der Waals surface area contributed by atoms with Crippen LogP contribution in [0.4, 0.5) is 0 Å². The highest BCUT2D eigenvalue weighted by atomic mass is 16.5. The normalized spacial score (nSPS) is 10.2. The molecule has 0 aliphatic carbocycles. The molecule has 78 valence electrons. The lowest BCUT2D eigenvalue weighted by molar-refractivity contribution is -0.129. The monoisotopic (exact) mass is 213 g/mol. The first-order chi connectivity index (χ1) is 7.72. The van der Waals surface area contributed by atoms with Crippen molar-refractivity contribution in [2.75, 3.05) is 0 Å². The topological polar surface area (TPSA) is 59.2 Å². The maximum absolute atomic E-state index is 11.1. The predicted octanol–water partition coefficient (Wildman–Crippen LogP) is 1.15. The first-order valence-corrected chi connectivity index (χ1v) is 4.67. The average molecular weight is 213 g/mol. The second-order valence-electron chi connectivity index (χ2n) is 3.35. The van der Waals surface area contributed by atoms with E-state index in [1.54, 1.807) is 18.3 Å². The Morgan fingerprint density at radius 2 is 2.31 bits per heavy atom. The third-order valence-electron chi connectivity index (χ3n) is 2.33. The van der Waals surface area contributed by atoms with Crippen LogP contribution in [0.1, 0.15) is 15.9 Å². The van der Waals surface area contributed by atoms with Crippen LogP contribution in [-0.4, -0.2) is 25.0 Å². The summed E-state index contributed by atoms with van der Waals surface area (Å²) in [6.45, 7) is 0.609. The fourth-order valence-corrected chi connectivity index (χ4v) is 1.60. The molecule has 2 rings (SSSR count). The van der Waals surface area contributed by atoms with Crippen molar-refractivity contribution in [1.29, 1.82) is 0 Å². The van der Waals surface area contributed by atoms with Gasteiger partial charge < -0.3 is 14.5 Å². The Bertz CT molecular complexity index is 547. The van der Waals surface area contributed by atoms with Crippen molar-refractivity contribution in [3.8, 4) is 0 Å². The Kier molecular flexibility index (Phi) is 2.77. The fourth-order valence-electron chi connectivity index (χ4n) is 1.60. The summed E-state index contributed by atoms with van der Waals surface area (Å²) >= 11 is 0. The molecule has 0 bridgehead atoms. The molecule has 4 nitrogen and oxygen atoms in total. The van der Waals surface area contributed by atoms with E-state index in [2.05, 4.69) is 9.72 Å². The van der Waals surface area contributed by atoms with Gasteiger partial charge in [0.1, 0.15) is 12.3 Å². The molecule has 0 aliphatic heterocycles. The number of hydrogen-bond acceptors (Lipinski definition) is 3. The van der Waals surface area contributed by atoms with E-state index in [0.29, 0.717) is 12.0 Å². The number of aromatic amines is 1. The lowest BCUT2D eigenvalue weighted by Crippen LogP contribution is -1.95. The van der Waals surface area contributed by atoms with Gasteiger partial charge in [0.25, 0.3) is 6.47 Å². The molecule has 0 unspecified atom stereocenters. The zero-order valence-electron chi connectivity index (χ0n) is 8.40. The molecule has 0 amide bonds. The number of H-pyrrole nitrogens is 1. The standard InChI is InChI=1S/C11H8BNO3/c12-11(15)9-4-13-10-3-7(5-16-6-14)1-2-8(9)10/h1-4,6,13H,5H2. The van der Waals surface area contributed by atoms with Crippen LogP contribution in [0, 0.1) is 0 Å². The number of carbonyl (C=O) groups excluding carboxylic acids is 2. The van der Waals surface area contributed by atoms with Gasteiger partial charge in [-0.3, -0.25) is 4.79 Å². The zero-order valence-corrected chi connectivity index (χ0v) is 8.40. The number of ether oxygens (including phenoxy) is 1. The molecule has 1 N–H and O–H groups in total. The second kappa shape index (κ2) is 4.22. The molecule has 1 heterocycles. The fraction of sp³-hybridized carbons (Fsp3) is 0.0909. The Labute approximate surface area is 93.0 Å². The summed E-state index contributed by atoms with van der Waals surface area (Å²) in [4.78, 5) is 24.0. The molecule has 5 heteroatoms. The summed E-state index contributed by atoms with van der Waals surface area (Å²) in [6.07, 6.45) is 1.57. The molecular formula is C11H8BNO3. The van der Waals surface area contributed by atoms with Crippen LogP contribution in [0.2, 0.25) is 0 Å². The van der Waals surface area contributed by atoms with Crippen LogP contribution in [0.15, 0.2) is 24.4 Å². The Morgan fingerprint density at radius 1 is 1.50 bits per heavy atom. The van der Waals surface area contributed by atoms with Gasteiger partial charge in [-0.15, -0.1) is 0 Å². The largest absolute Gasteiger partial charge is 0.463 e. The van der Waals surface area contributed by atoms with E-state index in [1.165, 1.54) is 0 Å². The smallest absolute Gasteiger partial charge is 0.293 e. The first kappa shape index (κ1) is 10.5. The molecule has 0 atom stereocenters. The van der Waals surface area contributed by atoms with Gasteiger partial charge in [0.05, 0.1) is 0 Å². The number of hydrogen-bond donors (Lipinski definition) is 1. The molecule has 1 aromatic heterocycles. The van der Waals surface area contributed by atoms with E-state index < -0.39 is 5.68 Å². The van der Waals surface area contributed by atoms with Crippen molar-refractivity contribution in [3.63, 3.8) is 0 Å². The van der Waals surface area contributed by atoms with E-state index in [0.717, 1.165) is 16.5 Å². The molecular weight excluding hydrogens is 205 g/mol. The van der Waals surface area contributed by atoms with Gasteiger partial charge in [-0.25, -0.2) is 0 Å². The van der Waals surface area contributed by atoms with Crippen LogP contribution in [-0.2, 0) is 16.1 Å². The number of aromatic nitrogens is 1. The van der Waals surface area contributed by atoms with E-state index in [-0.39, 0.29) is 6.61 Å². The highest BCUT2D eigenvalue weighted by molar-refractivity contribution is 6.63. The van der Waals surface area contributed by atoms with Crippen molar-refractivity contribution in [2.45, 2.75) is 6.61 Å². The van der Waals surface area contributed by atoms with E-state index >= 15 is 0 Å². The van der Waals surface area contributed by atoms with E-state index in [4.69, 9.17) is 7.85 Å². The number of rotatable bonds is 4. The van der Waals surface area contributed by atoms with Crippen LogP contribution in [0.3, 0.4) is 0 Å². The summed E-state index contributed by atoms with van der Waals surface area (Å²) < 4.78 is 4.64. The Balaban J connectivity index is 2.41. The number of benzene rings is 1. The van der Waals surface area contributed by atoms with Gasteiger partial charge in [0.2, 0.25) is 0 Å². The minimum Gasteiger partial charge on any atom is -0.463 e. The average Bonchev–Trinajstić information content (AvgIpc) is 2.69. The molecule has 0 fully saturated rings. The third-order valence-corrected chi connectivity index (χ3v) is 2.33. The number of fused-ring (bicyclic) bond motifs is 1. The Morgan fingerprint density at radius 3 is 3.00 bits per heavy atom. The lowest BCUT2D eigenvalue weighted by atomic mass is 9.94. The van der Waals surface area contributed by atoms with Crippen molar-refractivity contribution >= 4 is 30.9 Å². The first-order valence-electron chi connectivity index (χ1n) is 4.67. The molecule has 0 saturated heterocycles. The summed E-state index contributed by atoms with van der Waals surface area (Å²) in [5.74, 6) is 0. The van der Waals surface area contributed by atoms with Crippen LogP contribution in [0.5, 0.6) is 0 Å². The quantitative estimate of drug-likeness (QED) is 0.612. The maximum Gasteiger partial charge on any atom is 0.293 e. The molecule has 1 aromatic carbocycles. The van der Waals surface area contributed by atoms with Crippen molar-refractivity contribution < 1.29 is 14.3 Å². The van der Waals surface area contributed by atoms with Gasteiger partial charge in [-0.2, -0.15) is 0 Å².